The summed E-state index contributed by atoms with van der Waals surface area (Å²) in [7, 11) is 5.23. The number of hydrogen-bond donors (Lipinski definition) is 0. The fourth-order valence-electron chi connectivity index (χ4n) is 4.22. The third kappa shape index (κ3) is 4.37. The van der Waals surface area contributed by atoms with Gasteiger partial charge >= 0.3 is 5.97 Å². The monoisotopic (exact) mass is 412 g/mol. The lowest BCUT2D eigenvalue weighted by Crippen LogP contribution is -2.36. The van der Waals surface area contributed by atoms with Crippen molar-refractivity contribution in [1.29, 1.82) is 0 Å². The Labute approximate surface area is 177 Å². The zero-order chi connectivity index (χ0) is 21.1. The summed E-state index contributed by atoms with van der Waals surface area (Å²) in [5.74, 6) is 2.19. The first-order chi connectivity index (χ1) is 14.6. The van der Waals surface area contributed by atoms with Crippen LogP contribution < -0.4 is 14.2 Å². The lowest BCUT2D eigenvalue weighted by atomic mass is 10.1. The van der Waals surface area contributed by atoms with E-state index in [4.69, 9.17) is 18.9 Å². The Hall–Kier alpha value is -2.77. The van der Waals surface area contributed by atoms with Gasteiger partial charge < -0.3 is 18.9 Å². The molecule has 0 N–H and O–H groups in total. The summed E-state index contributed by atoms with van der Waals surface area (Å²) in [5, 5.41) is 0. The minimum Gasteiger partial charge on any atom is -0.497 e. The van der Waals surface area contributed by atoms with Gasteiger partial charge in [0.05, 0.1) is 14.2 Å². The van der Waals surface area contributed by atoms with Gasteiger partial charge in [-0.3, -0.25) is 14.6 Å². The third-order valence-electron chi connectivity index (χ3n) is 5.87. The fraction of sp³-hybridized carbons (Fsp3) is 0.435. The van der Waals surface area contributed by atoms with Gasteiger partial charge in [0, 0.05) is 25.7 Å². The smallest absolute Gasteiger partial charge is 0.323 e. The molecule has 2 unspecified atom stereocenters. The highest BCUT2D eigenvalue weighted by Crippen LogP contribution is 2.34. The minimum atomic E-state index is -0.266. The number of ether oxygens (including phenoxy) is 4. The van der Waals surface area contributed by atoms with Gasteiger partial charge in [0.25, 0.3) is 0 Å². The first kappa shape index (κ1) is 20.5. The van der Waals surface area contributed by atoms with Crippen LogP contribution in [0, 0.1) is 0 Å². The topological polar surface area (TPSA) is 60.5 Å². The van der Waals surface area contributed by atoms with Gasteiger partial charge in [-0.05, 0) is 48.9 Å². The highest BCUT2D eigenvalue weighted by atomic mass is 16.7. The van der Waals surface area contributed by atoms with Crippen molar-refractivity contribution in [3.63, 3.8) is 0 Å². The Morgan fingerprint density at radius 1 is 1.13 bits per heavy atom. The molecule has 0 spiro atoms. The molecule has 30 heavy (non-hydrogen) atoms. The van der Waals surface area contributed by atoms with Crippen LogP contribution in [0.4, 0.5) is 0 Å². The first-order valence-corrected chi connectivity index (χ1v) is 10.1. The van der Waals surface area contributed by atoms with Gasteiger partial charge in [-0.15, -0.1) is 0 Å². The molecular formula is C23H28N2O5. The average Bonchev–Trinajstić information content (AvgIpc) is 3.40. The van der Waals surface area contributed by atoms with E-state index in [9.17, 15) is 4.79 Å². The van der Waals surface area contributed by atoms with Gasteiger partial charge in [0.15, 0.2) is 11.5 Å². The summed E-state index contributed by atoms with van der Waals surface area (Å²) in [6.07, 6.45) is 0.734. The Balaban J connectivity index is 1.46. The molecule has 0 bridgehead atoms. The molecule has 0 aromatic heterocycles. The van der Waals surface area contributed by atoms with Crippen LogP contribution in [0.15, 0.2) is 42.5 Å². The molecule has 2 heterocycles. The van der Waals surface area contributed by atoms with Gasteiger partial charge in [-0.2, -0.15) is 0 Å². The van der Waals surface area contributed by atoms with E-state index in [1.165, 1.54) is 12.7 Å². The molecule has 2 aliphatic heterocycles. The maximum atomic E-state index is 12.5. The molecule has 1 fully saturated rings. The summed E-state index contributed by atoms with van der Waals surface area (Å²) >= 11 is 0. The predicted octanol–water partition coefficient (Wildman–Crippen LogP) is 2.67. The maximum absolute atomic E-state index is 12.5. The standard InChI is InChI=1S/C23H28N2O5/c1-24(12-16-5-4-6-19(9-16)27-2)18-11-20(23(26)28-3)25(14-18)13-17-7-8-21-22(10-17)30-15-29-21/h4-10,18,20H,11-15H2,1-3H3. The van der Waals surface area contributed by atoms with E-state index in [0.717, 1.165) is 42.3 Å². The summed E-state index contributed by atoms with van der Waals surface area (Å²) in [6.45, 7) is 2.48. The van der Waals surface area contributed by atoms with Crippen molar-refractivity contribution in [2.24, 2.45) is 0 Å². The Kier molecular flexibility index (Phi) is 6.11. The van der Waals surface area contributed by atoms with E-state index in [1.54, 1.807) is 7.11 Å². The van der Waals surface area contributed by atoms with E-state index >= 15 is 0 Å². The van der Waals surface area contributed by atoms with Crippen molar-refractivity contribution in [2.45, 2.75) is 31.6 Å². The highest BCUT2D eigenvalue weighted by Gasteiger charge is 2.39. The molecule has 2 aliphatic rings. The number of esters is 1. The predicted molar refractivity (Wildman–Crippen MR) is 112 cm³/mol. The van der Waals surface area contributed by atoms with Crippen LogP contribution >= 0.6 is 0 Å². The van der Waals surface area contributed by atoms with Crippen molar-refractivity contribution >= 4 is 5.97 Å². The zero-order valence-electron chi connectivity index (χ0n) is 17.7. The lowest BCUT2D eigenvalue weighted by molar-refractivity contribution is -0.146. The summed E-state index contributed by atoms with van der Waals surface area (Å²) in [5.41, 5.74) is 2.27. The molecule has 0 saturated carbocycles. The van der Waals surface area contributed by atoms with Crippen molar-refractivity contribution in [3.05, 3.63) is 53.6 Å². The number of carbonyl (C=O) groups excluding carboxylic acids is 1. The van der Waals surface area contributed by atoms with E-state index in [2.05, 4.69) is 22.9 Å². The van der Waals surface area contributed by atoms with Crippen LogP contribution in [0.5, 0.6) is 17.2 Å². The number of benzene rings is 2. The number of likely N-dealkylation sites (tertiary alicyclic amines) is 1. The second-order valence-corrected chi connectivity index (χ2v) is 7.81. The van der Waals surface area contributed by atoms with Crippen LogP contribution in [-0.2, 0) is 22.6 Å². The van der Waals surface area contributed by atoms with E-state index in [0.29, 0.717) is 6.54 Å². The molecule has 2 atom stereocenters. The number of fused-ring (bicyclic) bond motifs is 1. The molecule has 4 rings (SSSR count). The second kappa shape index (κ2) is 8.93. The molecule has 2 aromatic carbocycles. The van der Waals surface area contributed by atoms with Gasteiger partial charge in [-0.1, -0.05) is 18.2 Å². The molecule has 1 saturated heterocycles. The molecule has 0 amide bonds. The molecule has 0 radical (unpaired) electrons. The number of carbonyl (C=O) groups is 1. The summed E-state index contributed by atoms with van der Waals surface area (Å²) in [6, 6.07) is 14.0. The molecule has 160 valence electrons. The van der Waals surface area contributed by atoms with Crippen molar-refractivity contribution in [2.75, 3.05) is 34.6 Å². The van der Waals surface area contributed by atoms with Gasteiger partial charge in [0.2, 0.25) is 6.79 Å². The average molecular weight is 412 g/mol. The van der Waals surface area contributed by atoms with E-state index < -0.39 is 0 Å². The highest BCUT2D eigenvalue weighted by molar-refractivity contribution is 5.76. The third-order valence-corrected chi connectivity index (χ3v) is 5.87. The number of hydrogen-bond acceptors (Lipinski definition) is 7. The molecular weight excluding hydrogens is 384 g/mol. The van der Waals surface area contributed by atoms with Crippen LogP contribution in [-0.4, -0.2) is 62.5 Å². The van der Waals surface area contributed by atoms with Crippen LogP contribution in [0.1, 0.15) is 17.5 Å². The fourth-order valence-corrected chi connectivity index (χ4v) is 4.22. The summed E-state index contributed by atoms with van der Waals surface area (Å²) in [4.78, 5) is 17.0. The minimum absolute atomic E-state index is 0.187. The maximum Gasteiger partial charge on any atom is 0.323 e. The molecule has 7 heteroatoms. The first-order valence-electron chi connectivity index (χ1n) is 10.1. The van der Waals surface area contributed by atoms with Gasteiger partial charge in [0.1, 0.15) is 11.8 Å². The normalized spacial score (nSPS) is 20.5. The Morgan fingerprint density at radius 2 is 1.97 bits per heavy atom. The van der Waals surface area contributed by atoms with Crippen molar-refractivity contribution in [1.82, 2.24) is 9.80 Å². The Bertz CT molecular complexity index is 903. The van der Waals surface area contributed by atoms with Crippen molar-refractivity contribution < 1.29 is 23.7 Å². The molecule has 0 aliphatic carbocycles. The number of methoxy groups -OCH3 is 2. The molecule has 2 aromatic rings. The van der Waals surface area contributed by atoms with Gasteiger partial charge in [-0.25, -0.2) is 0 Å². The summed E-state index contributed by atoms with van der Waals surface area (Å²) < 4.78 is 21.3. The number of rotatable bonds is 7. The second-order valence-electron chi connectivity index (χ2n) is 7.81. The van der Waals surface area contributed by atoms with E-state index in [1.807, 2.05) is 36.4 Å². The molecule has 7 nitrogen and oxygen atoms in total. The van der Waals surface area contributed by atoms with E-state index in [-0.39, 0.29) is 24.8 Å². The SMILES string of the molecule is COC(=O)C1CC(N(C)Cc2cccc(OC)c2)CN1Cc1ccc2c(c1)OCO2. The van der Waals surface area contributed by atoms with Crippen LogP contribution in [0.25, 0.3) is 0 Å². The number of likely N-dealkylation sites (N-methyl/N-ethyl adjacent to an activating group) is 1. The Morgan fingerprint density at radius 3 is 2.77 bits per heavy atom. The van der Waals surface area contributed by atoms with Crippen LogP contribution in [0.2, 0.25) is 0 Å². The zero-order valence-corrected chi connectivity index (χ0v) is 17.7. The lowest BCUT2D eigenvalue weighted by Gasteiger charge is -2.25. The largest absolute Gasteiger partial charge is 0.497 e. The number of nitrogens with zero attached hydrogens (tertiary/aromatic N) is 2. The quantitative estimate of drug-likeness (QED) is 0.648. The van der Waals surface area contributed by atoms with Crippen LogP contribution in [0.3, 0.4) is 0 Å². The van der Waals surface area contributed by atoms with Crippen molar-refractivity contribution in [3.8, 4) is 17.2 Å².